The van der Waals surface area contributed by atoms with Crippen LogP contribution in [0, 0.1) is 25.7 Å². The third-order valence-corrected chi connectivity index (χ3v) is 9.63. The number of rotatable bonds is 8. The highest BCUT2D eigenvalue weighted by molar-refractivity contribution is 6.03. The Morgan fingerprint density at radius 3 is 1.79 bits per heavy atom. The molecule has 48 heavy (non-hydrogen) atoms. The molecule has 232 valence electrons. The summed E-state index contributed by atoms with van der Waals surface area (Å²) in [5.41, 5.74) is 14.5. The predicted octanol–water partition coefficient (Wildman–Crippen LogP) is 11.4. The van der Waals surface area contributed by atoms with Crippen LogP contribution in [-0.4, -0.2) is 0 Å². The first-order valence-corrected chi connectivity index (χ1v) is 17.0. The second-order valence-corrected chi connectivity index (χ2v) is 12.8. The smallest absolute Gasteiger partial charge is 0.0479 e. The van der Waals surface area contributed by atoms with Crippen molar-refractivity contribution in [2.75, 3.05) is 0 Å². The van der Waals surface area contributed by atoms with Gasteiger partial charge in [-0.05, 0) is 89.8 Å². The van der Waals surface area contributed by atoms with Crippen molar-refractivity contribution in [3.8, 4) is 11.8 Å². The van der Waals surface area contributed by atoms with Crippen molar-refractivity contribution in [1.82, 2.24) is 0 Å². The summed E-state index contributed by atoms with van der Waals surface area (Å²) in [7, 11) is 0. The molecule has 0 saturated heterocycles. The molecule has 0 fully saturated rings. The number of allylic oxidation sites excluding steroid dienone is 4. The molecule has 0 nitrogen and oxygen atoms in total. The Morgan fingerprint density at radius 2 is 1.12 bits per heavy atom. The Morgan fingerprint density at radius 1 is 0.562 bits per heavy atom. The lowest BCUT2D eigenvalue weighted by Crippen LogP contribution is -2.30. The molecule has 1 unspecified atom stereocenters. The van der Waals surface area contributed by atoms with E-state index in [1.807, 2.05) is 0 Å². The van der Waals surface area contributed by atoms with E-state index in [0.29, 0.717) is 0 Å². The lowest BCUT2D eigenvalue weighted by atomic mass is 9.65. The van der Waals surface area contributed by atoms with Crippen LogP contribution in [0.3, 0.4) is 0 Å². The summed E-state index contributed by atoms with van der Waals surface area (Å²) in [5, 5.41) is 0. The zero-order valence-corrected chi connectivity index (χ0v) is 27.8. The van der Waals surface area contributed by atoms with Crippen molar-refractivity contribution in [3.63, 3.8) is 0 Å². The van der Waals surface area contributed by atoms with Crippen LogP contribution in [-0.2, 0) is 18.3 Å². The van der Waals surface area contributed by atoms with E-state index in [-0.39, 0.29) is 0 Å². The molecular weight excluding hydrogens is 577 g/mol. The largest absolute Gasteiger partial charge is 0.0719 e. The lowest BCUT2D eigenvalue weighted by Gasteiger charge is -2.36. The average molecular weight is 617 g/mol. The summed E-state index contributed by atoms with van der Waals surface area (Å²) in [6, 6.07) is 59.5. The molecule has 0 amide bonds. The van der Waals surface area contributed by atoms with Gasteiger partial charge in [-0.3, -0.25) is 0 Å². The second-order valence-electron chi connectivity index (χ2n) is 12.8. The summed E-state index contributed by atoms with van der Waals surface area (Å²) >= 11 is 0. The Labute approximate surface area is 286 Å². The highest BCUT2D eigenvalue weighted by Gasteiger charge is 2.47. The summed E-state index contributed by atoms with van der Waals surface area (Å²) in [6.07, 6.45) is 5.13. The standard InChI is InChI=1S/C48H40/c1-36-22-26-40(27-23-36)29-33-45-44-20-12-13-21-46(44)48(42-18-10-5-11-19-42,35-34-39-16-8-4-9-17-39)47(45)43(41-30-24-37(2)25-31-41)32-28-38-14-6-3-7-15-38/h3-27,30-32H,28,34-35H2,1-2H3/b43-32+. The average Bonchev–Trinajstić information content (AvgIpc) is 3.42. The number of benzene rings is 6. The molecule has 0 saturated carbocycles. The molecule has 1 atom stereocenters. The van der Waals surface area contributed by atoms with E-state index in [0.717, 1.165) is 30.4 Å². The maximum absolute atomic E-state index is 3.79. The third kappa shape index (κ3) is 6.33. The molecule has 6 aromatic rings. The maximum atomic E-state index is 3.79. The Hall–Kier alpha value is -5.64. The van der Waals surface area contributed by atoms with E-state index in [2.05, 4.69) is 196 Å². The van der Waals surface area contributed by atoms with Crippen LogP contribution in [0.5, 0.6) is 0 Å². The van der Waals surface area contributed by atoms with Gasteiger partial charge in [-0.15, -0.1) is 0 Å². The molecule has 0 radical (unpaired) electrons. The molecule has 1 aliphatic rings. The number of hydrogen-bond acceptors (Lipinski definition) is 0. The summed E-state index contributed by atoms with van der Waals surface area (Å²) in [6.45, 7) is 4.28. The van der Waals surface area contributed by atoms with E-state index in [1.54, 1.807) is 0 Å². The fraction of sp³-hybridized carbons (Fsp3) is 0.125. The van der Waals surface area contributed by atoms with Gasteiger partial charge in [0, 0.05) is 16.6 Å². The number of aryl methyl sites for hydroxylation is 3. The molecule has 0 aromatic heterocycles. The van der Waals surface area contributed by atoms with Crippen molar-refractivity contribution in [2.24, 2.45) is 0 Å². The maximum Gasteiger partial charge on any atom is 0.0479 e. The van der Waals surface area contributed by atoms with E-state index in [4.69, 9.17) is 0 Å². The second kappa shape index (κ2) is 14.0. The highest BCUT2D eigenvalue weighted by Crippen LogP contribution is 2.57. The Kier molecular flexibility index (Phi) is 9.04. The quantitative estimate of drug-likeness (QED) is 0.149. The van der Waals surface area contributed by atoms with Crippen LogP contribution in [0.15, 0.2) is 175 Å². The molecule has 0 spiro atoms. The SMILES string of the molecule is Cc1ccc(C#CC2=C(/C(=C/Cc3ccccc3)c3ccc(C)cc3)C(CCc3ccccc3)(c3ccccc3)c3ccccc32)cc1. The van der Waals surface area contributed by atoms with E-state index in [1.165, 1.54) is 55.7 Å². The van der Waals surface area contributed by atoms with E-state index >= 15 is 0 Å². The summed E-state index contributed by atoms with van der Waals surface area (Å²) in [4.78, 5) is 0. The van der Waals surface area contributed by atoms with E-state index in [9.17, 15) is 0 Å². The van der Waals surface area contributed by atoms with Gasteiger partial charge in [-0.25, -0.2) is 0 Å². The highest BCUT2D eigenvalue weighted by atomic mass is 14.5. The molecule has 0 aliphatic heterocycles. The van der Waals surface area contributed by atoms with Crippen LogP contribution >= 0.6 is 0 Å². The Balaban J connectivity index is 1.55. The van der Waals surface area contributed by atoms with Gasteiger partial charge in [-0.1, -0.05) is 181 Å². The van der Waals surface area contributed by atoms with Crippen LogP contribution in [0.2, 0.25) is 0 Å². The molecule has 0 heterocycles. The van der Waals surface area contributed by atoms with Gasteiger partial charge < -0.3 is 0 Å². The van der Waals surface area contributed by atoms with Gasteiger partial charge >= 0.3 is 0 Å². The topological polar surface area (TPSA) is 0 Å². The Bertz CT molecular complexity index is 2120. The van der Waals surface area contributed by atoms with Crippen molar-refractivity contribution in [2.45, 2.75) is 38.5 Å². The van der Waals surface area contributed by atoms with Crippen molar-refractivity contribution in [1.29, 1.82) is 0 Å². The predicted molar refractivity (Wildman–Crippen MR) is 203 cm³/mol. The van der Waals surface area contributed by atoms with Crippen molar-refractivity contribution in [3.05, 3.63) is 226 Å². The summed E-state index contributed by atoms with van der Waals surface area (Å²) in [5.74, 6) is 7.40. The van der Waals surface area contributed by atoms with Crippen molar-refractivity contribution >= 4 is 11.1 Å². The molecule has 0 bridgehead atoms. The third-order valence-electron chi connectivity index (χ3n) is 9.63. The van der Waals surface area contributed by atoms with Crippen LogP contribution < -0.4 is 0 Å². The monoisotopic (exact) mass is 616 g/mol. The molecule has 0 heteroatoms. The zero-order chi connectivity index (χ0) is 32.8. The van der Waals surface area contributed by atoms with Gasteiger partial charge in [-0.2, -0.15) is 0 Å². The van der Waals surface area contributed by atoms with Crippen LogP contribution in [0.25, 0.3) is 11.1 Å². The first-order valence-electron chi connectivity index (χ1n) is 17.0. The first-order chi connectivity index (χ1) is 23.6. The van der Waals surface area contributed by atoms with Gasteiger partial charge in [0.25, 0.3) is 0 Å². The van der Waals surface area contributed by atoms with Gasteiger partial charge in [0.05, 0.1) is 0 Å². The number of fused-ring (bicyclic) bond motifs is 1. The normalized spacial score (nSPS) is 15.5. The minimum Gasteiger partial charge on any atom is -0.0719 e. The number of hydrogen-bond donors (Lipinski definition) is 0. The molecule has 0 N–H and O–H groups in total. The molecule has 1 aliphatic carbocycles. The van der Waals surface area contributed by atoms with Crippen LogP contribution in [0.1, 0.15) is 56.5 Å². The fourth-order valence-electron chi connectivity index (χ4n) is 7.16. The van der Waals surface area contributed by atoms with Gasteiger partial charge in [0.15, 0.2) is 0 Å². The van der Waals surface area contributed by atoms with Gasteiger partial charge in [0.1, 0.15) is 0 Å². The minimum atomic E-state index is -0.418. The lowest BCUT2D eigenvalue weighted by molar-refractivity contribution is 0.571. The molecular formula is C48H40. The van der Waals surface area contributed by atoms with Crippen molar-refractivity contribution < 1.29 is 0 Å². The van der Waals surface area contributed by atoms with Gasteiger partial charge in [0.2, 0.25) is 0 Å². The fourth-order valence-corrected chi connectivity index (χ4v) is 7.16. The molecule has 7 rings (SSSR count). The first kappa shape index (κ1) is 31.0. The van der Waals surface area contributed by atoms with Crippen LogP contribution in [0.4, 0.5) is 0 Å². The zero-order valence-electron chi connectivity index (χ0n) is 27.8. The van der Waals surface area contributed by atoms with E-state index < -0.39 is 5.41 Å². The molecule has 6 aromatic carbocycles. The minimum absolute atomic E-state index is 0.418. The summed E-state index contributed by atoms with van der Waals surface area (Å²) < 4.78 is 0.